The number of benzene rings is 1. The average Bonchev–Trinajstić information content (AvgIpc) is 2.62. The number of hydrogen-bond donors (Lipinski definition) is 2. The van der Waals surface area contributed by atoms with E-state index in [0.29, 0.717) is 13.1 Å². The highest BCUT2D eigenvalue weighted by atomic mass is 16.2. The lowest BCUT2D eigenvalue weighted by Gasteiger charge is -2.32. The van der Waals surface area contributed by atoms with Gasteiger partial charge in [0.05, 0.1) is 12.6 Å². The number of likely N-dealkylation sites (tertiary alicyclic amines) is 1. The predicted molar refractivity (Wildman–Crippen MR) is 101 cm³/mol. The minimum absolute atomic E-state index is 0.0314. The molecule has 1 aliphatic heterocycles. The van der Waals surface area contributed by atoms with Crippen molar-refractivity contribution in [2.75, 3.05) is 25.0 Å². The first-order valence-electron chi connectivity index (χ1n) is 9.14. The number of nitriles is 1. The Kier molecular flexibility index (Phi) is 6.76. The van der Waals surface area contributed by atoms with E-state index in [4.69, 9.17) is 0 Å². The number of nitrogens with zero attached hydrogens (tertiary/aromatic N) is 2. The van der Waals surface area contributed by atoms with Gasteiger partial charge in [0.2, 0.25) is 11.8 Å². The number of anilines is 1. The molecule has 2 N–H and O–H groups in total. The standard InChI is InChI=1S/C20H28N4O2/c1-15(2)20(3,14-21)23-18(25)13-24-11-9-16(10-12-24)19(26)22-17-7-5-4-6-8-17/h4-8,15-16H,9-13H2,1-3H3,(H,22,26)(H,23,25). The van der Waals surface area contributed by atoms with E-state index >= 15 is 0 Å². The summed E-state index contributed by atoms with van der Waals surface area (Å²) >= 11 is 0. The molecule has 1 aliphatic rings. The highest BCUT2D eigenvalue weighted by Crippen LogP contribution is 2.20. The first-order chi connectivity index (χ1) is 12.3. The van der Waals surface area contributed by atoms with E-state index < -0.39 is 5.54 Å². The lowest BCUT2D eigenvalue weighted by atomic mass is 9.90. The van der Waals surface area contributed by atoms with Crippen molar-refractivity contribution in [2.45, 2.75) is 39.2 Å². The average molecular weight is 356 g/mol. The van der Waals surface area contributed by atoms with E-state index in [9.17, 15) is 14.9 Å². The lowest BCUT2D eigenvalue weighted by Crippen LogP contribution is -2.52. The highest BCUT2D eigenvalue weighted by Gasteiger charge is 2.31. The molecule has 1 fully saturated rings. The molecule has 0 radical (unpaired) electrons. The first kappa shape index (κ1) is 19.9. The number of amides is 2. The van der Waals surface area contributed by atoms with E-state index in [0.717, 1.165) is 18.5 Å². The van der Waals surface area contributed by atoms with E-state index in [-0.39, 0.29) is 30.2 Å². The van der Waals surface area contributed by atoms with Gasteiger partial charge in [-0.15, -0.1) is 0 Å². The molecule has 2 rings (SSSR count). The lowest BCUT2D eigenvalue weighted by molar-refractivity contribution is -0.124. The smallest absolute Gasteiger partial charge is 0.235 e. The minimum Gasteiger partial charge on any atom is -0.337 e. The SMILES string of the molecule is CC(C)C(C)(C#N)NC(=O)CN1CCC(C(=O)Nc2ccccc2)CC1. The van der Waals surface area contributed by atoms with Crippen LogP contribution in [0.15, 0.2) is 30.3 Å². The van der Waals surface area contributed by atoms with E-state index in [1.807, 2.05) is 49.1 Å². The molecule has 1 saturated heterocycles. The number of hydrogen-bond acceptors (Lipinski definition) is 4. The summed E-state index contributed by atoms with van der Waals surface area (Å²) in [5.74, 6) is -0.106. The zero-order valence-electron chi connectivity index (χ0n) is 15.8. The molecule has 0 bridgehead atoms. The number of piperidine rings is 1. The van der Waals surface area contributed by atoms with Gasteiger partial charge in [-0.2, -0.15) is 5.26 Å². The van der Waals surface area contributed by atoms with Crippen molar-refractivity contribution in [3.63, 3.8) is 0 Å². The molecule has 1 atom stereocenters. The van der Waals surface area contributed by atoms with Gasteiger partial charge >= 0.3 is 0 Å². The van der Waals surface area contributed by atoms with Gasteiger partial charge in [0.15, 0.2) is 0 Å². The fourth-order valence-electron chi connectivity index (χ4n) is 2.95. The fourth-order valence-corrected chi connectivity index (χ4v) is 2.95. The molecule has 6 heteroatoms. The van der Waals surface area contributed by atoms with Crippen LogP contribution in [0.3, 0.4) is 0 Å². The largest absolute Gasteiger partial charge is 0.337 e. The van der Waals surface area contributed by atoms with Gasteiger partial charge in [-0.25, -0.2) is 0 Å². The quantitative estimate of drug-likeness (QED) is 0.819. The minimum atomic E-state index is -0.856. The molecule has 6 nitrogen and oxygen atoms in total. The third kappa shape index (κ3) is 5.30. The Bertz CT molecular complexity index is 660. The Balaban J connectivity index is 1.78. The molecule has 2 amide bonds. The molecule has 0 aromatic heterocycles. The van der Waals surface area contributed by atoms with Gasteiger partial charge in [0, 0.05) is 11.6 Å². The number of nitrogens with one attached hydrogen (secondary N) is 2. The van der Waals surface area contributed by atoms with E-state index in [1.54, 1.807) is 6.92 Å². The Morgan fingerprint density at radius 1 is 1.27 bits per heavy atom. The van der Waals surface area contributed by atoms with Crippen molar-refractivity contribution in [3.05, 3.63) is 30.3 Å². The monoisotopic (exact) mass is 356 g/mol. The molecule has 1 heterocycles. The number of rotatable bonds is 6. The van der Waals surface area contributed by atoms with Gasteiger partial charge in [-0.05, 0) is 50.9 Å². The second-order valence-corrected chi connectivity index (χ2v) is 7.42. The summed E-state index contributed by atoms with van der Waals surface area (Å²) < 4.78 is 0. The van der Waals surface area contributed by atoms with Gasteiger partial charge in [-0.1, -0.05) is 32.0 Å². The number of carbonyl (C=O) groups is 2. The second kappa shape index (κ2) is 8.81. The topological polar surface area (TPSA) is 85.2 Å². The summed E-state index contributed by atoms with van der Waals surface area (Å²) in [6, 6.07) is 11.6. The maximum absolute atomic E-state index is 12.4. The molecular weight excluding hydrogens is 328 g/mol. The molecule has 26 heavy (non-hydrogen) atoms. The summed E-state index contributed by atoms with van der Waals surface area (Å²) in [6.07, 6.45) is 1.46. The van der Waals surface area contributed by atoms with Crippen molar-refractivity contribution >= 4 is 17.5 Å². The normalized spacial score (nSPS) is 18.0. The summed E-state index contributed by atoms with van der Waals surface area (Å²) in [6.45, 7) is 7.24. The van der Waals surface area contributed by atoms with Crippen LogP contribution in [0.1, 0.15) is 33.6 Å². The fraction of sp³-hybridized carbons (Fsp3) is 0.550. The molecule has 0 saturated carbocycles. The Morgan fingerprint density at radius 3 is 2.42 bits per heavy atom. The Morgan fingerprint density at radius 2 is 1.88 bits per heavy atom. The van der Waals surface area contributed by atoms with Gasteiger partial charge in [0.1, 0.15) is 5.54 Å². The Hall–Kier alpha value is -2.39. The molecule has 0 aliphatic carbocycles. The second-order valence-electron chi connectivity index (χ2n) is 7.42. The maximum Gasteiger partial charge on any atom is 0.235 e. The number of carbonyl (C=O) groups excluding carboxylic acids is 2. The predicted octanol–water partition coefficient (Wildman–Crippen LogP) is 2.39. The van der Waals surface area contributed by atoms with E-state index in [1.165, 1.54) is 0 Å². The summed E-state index contributed by atoms with van der Waals surface area (Å²) in [4.78, 5) is 26.7. The van der Waals surface area contributed by atoms with Gasteiger partial charge in [-0.3, -0.25) is 14.5 Å². The summed E-state index contributed by atoms with van der Waals surface area (Å²) in [7, 11) is 0. The van der Waals surface area contributed by atoms with Crippen LogP contribution < -0.4 is 10.6 Å². The van der Waals surface area contributed by atoms with Crippen LogP contribution in [0.5, 0.6) is 0 Å². The van der Waals surface area contributed by atoms with Crippen molar-refractivity contribution in [1.82, 2.24) is 10.2 Å². The zero-order valence-corrected chi connectivity index (χ0v) is 15.8. The van der Waals surface area contributed by atoms with Crippen LogP contribution in [0.25, 0.3) is 0 Å². The van der Waals surface area contributed by atoms with Crippen LogP contribution in [0.4, 0.5) is 5.69 Å². The molecule has 140 valence electrons. The molecule has 1 unspecified atom stereocenters. The van der Waals surface area contributed by atoms with Crippen molar-refractivity contribution in [2.24, 2.45) is 11.8 Å². The van der Waals surface area contributed by atoms with Crippen molar-refractivity contribution in [3.8, 4) is 6.07 Å². The van der Waals surface area contributed by atoms with E-state index in [2.05, 4.69) is 16.7 Å². The highest BCUT2D eigenvalue weighted by molar-refractivity contribution is 5.92. The maximum atomic E-state index is 12.4. The molecular formula is C20H28N4O2. The Labute approximate surface area is 155 Å². The van der Waals surface area contributed by atoms with Gasteiger partial charge < -0.3 is 10.6 Å². The number of para-hydroxylation sites is 1. The van der Waals surface area contributed by atoms with Crippen molar-refractivity contribution < 1.29 is 9.59 Å². The van der Waals surface area contributed by atoms with Crippen LogP contribution in [0.2, 0.25) is 0 Å². The third-order valence-corrected chi connectivity index (χ3v) is 5.15. The molecule has 0 spiro atoms. The van der Waals surface area contributed by atoms with Crippen LogP contribution in [-0.2, 0) is 9.59 Å². The van der Waals surface area contributed by atoms with Crippen molar-refractivity contribution in [1.29, 1.82) is 5.26 Å². The van der Waals surface area contributed by atoms with Crippen LogP contribution in [-0.4, -0.2) is 41.9 Å². The third-order valence-electron chi connectivity index (χ3n) is 5.15. The molecule has 1 aromatic rings. The van der Waals surface area contributed by atoms with Gasteiger partial charge in [0.25, 0.3) is 0 Å². The zero-order chi connectivity index (χ0) is 19.2. The summed E-state index contributed by atoms with van der Waals surface area (Å²) in [5, 5.41) is 15.1. The van der Waals surface area contributed by atoms with Crippen LogP contribution in [0, 0.1) is 23.2 Å². The first-order valence-corrected chi connectivity index (χ1v) is 9.14. The summed E-state index contributed by atoms with van der Waals surface area (Å²) in [5.41, 5.74) is -0.0471. The van der Waals surface area contributed by atoms with Crippen LogP contribution >= 0.6 is 0 Å². The molecule has 1 aromatic carbocycles.